The first-order valence-electron chi connectivity index (χ1n) is 8.65. The molecule has 1 rings (SSSR count). The Bertz CT molecular complexity index is 351. The summed E-state index contributed by atoms with van der Waals surface area (Å²) < 4.78 is 2.18. The van der Waals surface area contributed by atoms with Crippen molar-refractivity contribution >= 4 is 0 Å². The maximum absolute atomic E-state index is 4.15. The molecule has 0 radical (unpaired) electrons. The second kappa shape index (κ2) is 9.24. The molecule has 1 heterocycles. The molecule has 2 unspecified atom stereocenters. The molecule has 0 aromatic carbocycles. The maximum atomic E-state index is 4.15. The fourth-order valence-electron chi connectivity index (χ4n) is 2.66. The van der Waals surface area contributed by atoms with Crippen LogP contribution in [0.3, 0.4) is 0 Å². The van der Waals surface area contributed by atoms with Crippen LogP contribution in [0.15, 0.2) is 18.7 Å². The van der Waals surface area contributed by atoms with Crippen molar-refractivity contribution in [3.63, 3.8) is 0 Å². The molecule has 0 saturated carbocycles. The van der Waals surface area contributed by atoms with Crippen LogP contribution in [0.4, 0.5) is 0 Å². The molecule has 1 N–H and O–H groups in total. The molecule has 0 aliphatic heterocycles. The minimum Gasteiger partial charge on any atom is -0.336 e. The molecule has 3 nitrogen and oxygen atoms in total. The monoisotopic (exact) mass is 293 g/mol. The van der Waals surface area contributed by atoms with Gasteiger partial charge in [-0.2, -0.15) is 0 Å². The smallest absolute Gasteiger partial charge is 0.0946 e. The van der Waals surface area contributed by atoms with Crippen LogP contribution >= 0.6 is 0 Å². The second-order valence-corrected chi connectivity index (χ2v) is 7.45. The third-order valence-electron chi connectivity index (χ3n) is 4.22. The molecule has 0 aliphatic carbocycles. The number of unbranched alkanes of at least 4 members (excludes halogenated alkanes) is 4. The van der Waals surface area contributed by atoms with E-state index < -0.39 is 0 Å². The summed E-state index contributed by atoms with van der Waals surface area (Å²) in [7, 11) is 0. The molecule has 21 heavy (non-hydrogen) atoms. The van der Waals surface area contributed by atoms with Gasteiger partial charge in [-0.3, -0.25) is 0 Å². The van der Waals surface area contributed by atoms with E-state index in [1.54, 1.807) is 0 Å². The summed E-state index contributed by atoms with van der Waals surface area (Å²) in [5, 5.41) is 3.84. The van der Waals surface area contributed by atoms with E-state index in [-0.39, 0.29) is 5.41 Å². The van der Waals surface area contributed by atoms with Crippen molar-refractivity contribution in [1.82, 2.24) is 14.9 Å². The lowest BCUT2D eigenvalue weighted by atomic mass is 9.86. The summed E-state index contributed by atoms with van der Waals surface area (Å²) in [6.45, 7) is 12.5. The Morgan fingerprint density at radius 2 is 1.86 bits per heavy atom. The highest BCUT2D eigenvalue weighted by molar-refractivity contribution is 4.86. The fraction of sp³-hybridized carbons (Fsp3) is 0.833. The highest BCUT2D eigenvalue weighted by Crippen LogP contribution is 2.22. The summed E-state index contributed by atoms with van der Waals surface area (Å²) in [6.07, 6.45) is 13.9. The number of nitrogens with zero attached hydrogens (tertiary/aromatic N) is 2. The van der Waals surface area contributed by atoms with Crippen molar-refractivity contribution in [1.29, 1.82) is 0 Å². The Balaban J connectivity index is 2.38. The summed E-state index contributed by atoms with van der Waals surface area (Å²) in [4.78, 5) is 4.15. The van der Waals surface area contributed by atoms with Crippen molar-refractivity contribution in [3.8, 4) is 0 Å². The van der Waals surface area contributed by atoms with Crippen LogP contribution in [0.25, 0.3) is 0 Å². The van der Waals surface area contributed by atoms with E-state index in [4.69, 9.17) is 0 Å². The number of imidazole rings is 1. The van der Waals surface area contributed by atoms with Gasteiger partial charge in [0.05, 0.1) is 6.33 Å². The van der Waals surface area contributed by atoms with E-state index in [2.05, 4.69) is 55.7 Å². The molecule has 3 heteroatoms. The number of rotatable bonds is 10. The first-order valence-corrected chi connectivity index (χ1v) is 8.65. The topological polar surface area (TPSA) is 29.9 Å². The van der Waals surface area contributed by atoms with Crippen molar-refractivity contribution in [3.05, 3.63) is 18.7 Å². The van der Waals surface area contributed by atoms with Crippen LogP contribution in [0.1, 0.15) is 73.1 Å². The zero-order chi connectivity index (χ0) is 15.7. The van der Waals surface area contributed by atoms with Gasteiger partial charge in [0.2, 0.25) is 0 Å². The number of nitrogens with one attached hydrogen (secondary N) is 1. The van der Waals surface area contributed by atoms with Crippen LogP contribution in [-0.4, -0.2) is 21.6 Å². The van der Waals surface area contributed by atoms with Crippen molar-refractivity contribution in [2.45, 2.75) is 91.8 Å². The lowest BCUT2D eigenvalue weighted by Gasteiger charge is -2.34. The van der Waals surface area contributed by atoms with Gasteiger partial charge in [0.1, 0.15) is 0 Å². The van der Waals surface area contributed by atoms with Gasteiger partial charge in [0.15, 0.2) is 0 Å². The standard InChI is InChI=1S/C18H35N3/c1-6-7-8-9-10-11-16(2)20-17(18(3,4)5)14-21-13-12-19-15-21/h12-13,15-17,20H,6-11,14H2,1-5H3. The zero-order valence-electron chi connectivity index (χ0n) is 14.7. The molecule has 2 atom stereocenters. The molecule has 0 fully saturated rings. The van der Waals surface area contributed by atoms with E-state index in [0.717, 1.165) is 6.54 Å². The average molecular weight is 293 g/mol. The molecule has 1 aromatic heterocycles. The van der Waals surface area contributed by atoms with Crippen LogP contribution in [-0.2, 0) is 6.54 Å². The third kappa shape index (κ3) is 7.66. The van der Waals surface area contributed by atoms with Crippen LogP contribution in [0.5, 0.6) is 0 Å². The Morgan fingerprint density at radius 3 is 2.43 bits per heavy atom. The van der Waals surface area contributed by atoms with E-state index in [1.165, 1.54) is 38.5 Å². The Morgan fingerprint density at radius 1 is 1.14 bits per heavy atom. The van der Waals surface area contributed by atoms with Crippen LogP contribution in [0.2, 0.25) is 0 Å². The quantitative estimate of drug-likeness (QED) is 0.637. The van der Waals surface area contributed by atoms with Gasteiger partial charge in [-0.25, -0.2) is 4.98 Å². The molecule has 0 amide bonds. The molecule has 122 valence electrons. The SMILES string of the molecule is CCCCCCCC(C)NC(Cn1ccnc1)C(C)(C)C. The van der Waals surface area contributed by atoms with E-state index >= 15 is 0 Å². The van der Waals surface area contributed by atoms with Gasteiger partial charge in [0.25, 0.3) is 0 Å². The van der Waals surface area contributed by atoms with Crippen molar-refractivity contribution < 1.29 is 0 Å². The third-order valence-corrected chi connectivity index (χ3v) is 4.22. The lowest BCUT2D eigenvalue weighted by molar-refractivity contribution is 0.220. The minimum atomic E-state index is 0.251. The van der Waals surface area contributed by atoms with E-state index in [9.17, 15) is 0 Å². The maximum Gasteiger partial charge on any atom is 0.0946 e. The van der Waals surface area contributed by atoms with Crippen LogP contribution < -0.4 is 5.32 Å². The fourth-order valence-corrected chi connectivity index (χ4v) is 2.66. The normalized spacial score (nSPS) is 15.1. The predicted octanol–water partition coefficient (Wildman–Crippen LogP) is 4.64. The average Bonchev–Trinajstić information content (AvgIpc) is 2.89. The Labute approximate surface area is 131 Å². The summed E-state index contributed by atoms with van der Waals surface area (Å²) in [6, 6.07) is 1.05. The largest absolute Gasteiger partial charge is 0.336 e. The molecule has 0 bridgehead atoms. The molecule has 0 saturated heterocycles. The molecule has 0 aliphatic rings. The summed E-state index contributed by atoms with van der Waals surface area (Å²) >= 11 is 0. The summed E-state index contributed by atoms with van der Waals surface area (Å²) in [5.41, 5.74) is 0.251. The summed E-state index contributed by atoms with van der Waals surface area (Å²) in [5.74, 6) is 0. The lowest BCUT2D eigenvalue weighted by Crippen LogP contribution is -2.47. The van der Waals surface area contributed by atoms with Gasteiger partial charge in [-0.1, -0.05) is 59.8 Å². The Hall–Kier alpha value is -0.830. The van der Waals surface area contributed by atoms with Gasteiger partial charge in [-0.05, 0) is 18.8 Å². The highest BCUT2D eigenvalue weighted by atomic mass is 15.1. The van der Waals surface area contributed by atoms with Crippen molar-refractivity contribution in [2.75, 3.05) is 0 Å². The predicted molar refractivity (Wildman–Crippen MR) is 91.4 cm³/mol. The van der Waals surface area contributed by atoms with E-state index in [0.29, 0.717) is 12.1 Å². The minimum absolute atomic E-state index is 0.251. The first-order chi connectivity index (χ1) is 9.93. The first kappa shape index (κ1) is 18.2. The molecule has 1 aromatic rings. The van der Waals surface area contributed by atoms with Crippen molar-refractivity contribution in [2.24, 2.45) is 5.41 Å². The second-order valence-electron chi connectivity index (χ2n) is 7.45. The van der Waals surface area contributed by atoms with Gasteiger partial charge >= 0.3 is 0 Å². The number of aromatic nitrogens is 2. The highest BCUT2D eigenvalue weighted by Gasteiger charge is 2.25. The van der Waals surface area contributed by atoms with Crippen LogP contribution in [0, 0.1) is 5.41 Å². The number of hydrogen-bond acceptors (Lipinski definition) is 2. The Kier molecular flexibility index (Phi) is 8.02. The molecular formula is C18H35N3. The molecular weight excluding hydrogens is 258 g/mol. The zero-order valence-corrected chi connectivity index (χ0v) is 14.7. The van der Waals surface area contributed by atoms with Gasteiger partial charge in [-0.15, -0.1) is 0 Å². The molecule has 0 spiro atoms. The van der Waals surface area contributed by atoms with E-state index in [1.807, 2.05) is 12.5 Å². The number of hydrogen-bond donors (Lipinski definition) is 1. The van der Waals surface area contributed by atoms with Gasteiger partial charge in [0, 0.05) is 31.0 Å². The van der Waals surface area contributed by atoms with Gasteiger partial charge < -0.3 is 9.88 Å².